The van der Waals surface area contributed by atoms with Crippen LogP contribution in [0.2, 0.25) is 0 Å². The molecule has 0 aromatic carbocycles. The van der Waals surface area contributed by atoms with E-state index in [1.54, 1.807) is 0 Å². The van der Waals surface area contributed by atoms with Crippen LogP contribution in [0.1, 0.15) is 31.2 Å². The molecule has 126 valence electrons. The molecule has 1 atom stereocenters. The molecule has 4 rings (SSSR count). The average Bonchev–Trinajstić information content (AvgIpc) is 3.01. The third-order valence-electron chi connectivity index (χ3n) is 5.55. The van der Waals surface area contributed by atoms with Crippen molar-refractivity contribution in [1.29, 1.82) is 0 Å². The van der Waals surface area contributed by atoms with Gasteiger partial charge < -0.3 is 10.1 Å². The van der Waals surface area contributed by atoms with Crippen molar-refractivity contribution in [3.8, 4) is 0 Å². The summed E-state index contributed by atoms with van der Waals surface area (Å²) >= 11 is 0. The SMILES string of the molecule is Cn1cc(CN2CC3(COC(CNC(=O)C4CCC4)C3)C2)cn1. The Morgan fingerprint density at radius 2 is 2.30 bits per heavy atom. The second-order valence-electron chi connectivity index (χ2n) is 7.68. The van der Waals surface area contributed by atoms with Crippen molar-refractivity contribution in [3.05, 3.63) is 18.0 Å². The summed E-state index contributed by atoms with van der Waals surface area (Å²) in [4.78, 5) is 14.4. The number of carbonyl (C=O) groups excluding carboxylic acids is 1. The van der Waals surface area contributed by atoms with Crippen molar-refractivity contribution < 1.29 is 9.53 Å². The largest absolute Gasteiger partial charge is 0.376 e. The zero-order chi connectivity index (χ0) is 15.9. The van der Waals surface area contributed by atoms with Crippen LogP contribution in [-0.4, -0.2) is 52.9 Å². The highest BCUT2D eigenvalue weighted by atomic mass is 16.5. The lowest BCUT2D eigenvalue weighted by atomic mass is 9.77. The van der Waals surface area contributed by atoms with E-state index in [1.165, 1.54) is 12.0 Å². The monoisotopic (exact) mass is 318 g/mol. The third kappa shape index (κ3) is 3.15. The second kappa shape index (κ2) is 5.91. The van der Waals surface area contributed by atoms with Crippen LogP contribution >= 0.6 is 0 Å². The summed E-state index contributed by atoms with van der Waals surface area (Å²) < 4.78 is 7.79. The van der Waals surface area contributed by atoms with Crippen LogP contribution in [0.25, 0.3) is 0 Å². The van der Waals surface area contributed by atoms with Crippen LogP contribution in [0.3, 0.4) is 0 Å². The molecule has 1 amide bonds. The van der Waals surface area contributed by atoms with Gasteiger partial charge in [-0.15, -0.1) is 0 Å². The van der Waals surface area contributed by atoms with Gasteiger partial charge >= 0.3 is 0 Å². The van der Waals surface area contributed by atoms with Gasteiger partial charge in [0, 0.05) is 56.3 Å². The predicted molar refractivity (Wildman–Crippen MR) is 85.6 cm³/mol. The van der Waals surface area contributed by atoms with E-state index in [-0.39, 0.29) is 17.9 Å². The smallest absolute Gasteiger partial charge is 0.223 e. The van der Waals surface area contributed by atoms with E-state index in [0.717, 1.165) is 45.5 Å². The number of carbonyl (C=O) groups is 1. The van der Waals surface area contributed by atoms with Crippen LogP contribution in [0, 0.1) is 11.3 Å². The number of nitrogens with zero attached hydrogens (tertiary/aromatic N) is 3. The standard InChI is InChI=1S/C17H26N4O2/c1-20-8-13(6-19-20)9-21-10-17(11-21)5-15(23-12-17)7-18-16(22)14-3-2-4-14/h6,8,14-15H,2-5,7,9-12H2,1H3,(H,18,22). The van der Waals surface area contributed by atoms with Crippen molar-refractivity contribution in [1.82, 2.24) is 20.0 Å². The Hall–Kier alpha value is -1.40. The molecular weight excluding hydrogens is 292 g/mol. The number of likely N-dealkylation sites (tertiary alicyclic amines) is 1. The molecule has 1 saturated carbocycles. The Labute approximate surface area is 137 Å². The maximum atomic E-state index is 11.9. The summed E-state index contributed by atoms with van der Waals surface area (Å²) in [5.74, 6) is 0.497. The van der Waals surface area contributed by atoms with Gasteiger partial charge in [-0.1, -0.05) is 6.42 Å². The molecule has 23 heavy (non-hydrogen) atoms. The Morgan fingerprint density at radius 1 is 1.48 bits per heavy atom. The summed E-state index contributed by atoms with van der Waals surface area (Å²) in [6.45, 7) is 4.67. The lowest BCUT2D eigenvalue weighted by molar-refractivity contribution is -0.127. The van der Waals surface area contributed by atoms with Crippen LogP contribution in [0.15, 0.2) is 12.4 Å². The Balaban J connectivity index is 1.19. The van der Waals surface area contributed by atoms with Crippen molar-refractivity contribution in [2.24, 2.45) is 18.4 Å². The van der Waals surface area contributed by atoms with Crippen LogP contribution in [-0.2, 0) is 23.1 Å². The second-order valence-corrected chi connectivity index (χ2v) is 7.68. The lowest BCUT2D eigenvalue weighted by Crippen LogP contribution is -2.56. The van der Waals surface area contributed by atoms with Gasteiger partial charge in [0.2, 0.25) is 5.91 Å². The van der Waals surface area contributed by atoms with Gasteiger partial charge in [0.25, 0.3) is 0 Å². The average molecular weight is 318 g/mol. The zero-order valence-electron chi connectivity index (χ0n) is 13.8. The van der Waals surface area contributed by atoms with E-state index in [9.17, 15) is 4.79 Å². The Bertz CT molecular complexity index is 575. The number of hydrogen-bond donors (Lipinski definition) is 1. The van der Waals surface area contributed by atoms with Crippen molar-refractivity contribution >= 4 is 5.91 Å². The van der Waals surface area contributed by atoms with Gasteiger partial charge in [-0.25, -0.2) is 0 Å². The van der Waals surface area contributed by atoms with Gasteiger partial charge in [0.1, 0.15) is 0 Å². The summed E-state index contributed by atoms with van der Waals surface area (Å²) in [5.41, 5.74) is 1.58. The molecule has 1 spiro atoms. The summed E-state index contributed by atoms with van der Waals surface area (Å²) in [7, 11) is 1.95. The first-order valence-corrected chi connectivity index (χ1v) is 8.71. The number of nitrogens with one attached hydrogen (secondary N) is 1. The highest BCUT2D eigenvalue weighted by Crippen LogP contribution is 2.41. The maximum absolute atomic E-state index is 11.9. The molecule has 1 aliphatic carbocycles. The topological polar surface area (TPSA) is 59.4 Å². The van der Waals surface area contributed by atoms with Crippen LogP contribution in [0.4, 0.5) is 0 Å². The first kappa shape index (κ1) is 15.1. The minimum Gasteiger partial charge on any atom is -0.376 e. The number of aryl methyl sites for hydroxylation is 1. The van der Waals surface area contributed by atoms with Crippen molar-refractivity contribution in [2.45, 2.75) is 38.3 Å². The minimum absolute atomic E-state index is 0.194. The van der Waals surface area contributed by atoms with Gasteiger partial charge in [-0.05, 0) is 19.3 Å². The molecule has 3 fully saturated rings. The minimum atomic E-state index is 0.194. The van der Waals surface area contributed by atoms with E-state index >= 15 is 0 Å². The van der Waals surface area contributed by atoms with E-state index < -0.39 is 0 Å². The summed E-state index contributed by atoms with van der Waals surface area (Å²) in [6.07, 6.45) is 8.61. The van der Waals surface area contributed by atoms with Crippen molar-refractivity contribution in [3.63, 3.8) is 0 Å². The van der Waals surface area contributed by atoms with E-state index in [0.29, 0.717) is 12.0 Å². The molecular formula is C17H26N4O2. The first-order valence-electron chi connectivity index (χ1n) is 8.71. The quantitative estimate of drug-likeness (QED) is 0.877. The van der Waals surface area contributed by atoms with Gasteiger partial charge in [-0.2, -0.15) is 5.10 Å². The fourth-order valence-corrected chi connectivity index (χ4v) is 4.10. The van der Waals surface area contributed by atoms with Crippen LogP contribution in [0.5, 0.6) is 0 Å². The zero-order valence-corrected chi connectivity index (χ0v) is 13.8. The Morgan fingerprint density at radius 3 is 2.96 bits per heavy atom. The Kier molecular flexibility index (Phi) is 3.89. The highest BCUT2D eigenvalue weighted by Gasteiger charge is 2.48. The fourth-order valence-electron chi connectivity index (χ4n) is 4.10. The molecule has 1 aromatic heterocycles. The molecule has 1 aromatic rings. The fraction of sp³-hybridized carbons (Fsp3) is 0.765. The number of ether oxygens (including phenoxy) is 1. The van der Waals surface area contributed by atoms with E-state index in [1.807, 2.05) is 17.9 Å². The van der Waals surface area contributed by atoms with Gasteiger partial charge in [0.15, 0.2) is 0 Å². The molecule has 0 bridgehead atoms. The van der Waals surface area contributed by atoms with E-state index in [2.05, 4.69) is 21.5 Å². The van der Waals surface area contributed by atoms with Crippen molar-refractivity contribution in [2.75, 3.05) is 26.2 Å². The van der Waals surface area contributed by atoms with E-state index in [4.69, 9.17) is 4.74 Å². The predicted octanol–water partition coefficient (Wildman–Crippen LogP) is 0.927. The van der Waals surface area contributed by atoms with Gasteiger partial charge in [0.05, 0.1) is 18.9 Å². The molecule has 6 heteroatoms. The first-order chi connectivity index (χ1) is 11.1. The number of rotatable bonds is 5. The molecule has 1 unspecified atom stereocenters. The molecule has 1 N–H and O–H groups in total. The molecule has 0 radical (unpaired) electrons. The summed E-state index contributed by atoms with van der Waals surface area (Å²) in [6, 6.07) is 0. The third-order valence-corrected chi connectivity index (χ3v) is 5.55. The maximum Gasteiger partial charge on any atom is 0.223 e. The molecule has 6 nitrogen and oxygen atoms in total. The summed E-state index contributed by atoms with van der Waals surface area (Å²) in [5, 5.41) is 7.30. The molecule has 3 heterocycles. The molecule has 3 aliphatic rings. The normalized spacial score (nSPS) is 26.9. The lowest BCUT2D eigenvalue weighted by Gasteiger charge is -2.47. The number of amides is 1. The number of aromatic nitrogens is 2. The van der Waals surface area contributed by atoms with Crippen LogP contribution < -0.4 is 5.32 Å². The van der Waals surface area contributed by atoms with Gasteiger partial charge in [-0.3, -0.25) is 14.4 Å². The molecule has 2 aliphatic heterocycles. The highest BCUT2D eigenvalue weighted by molar-refractivity contribution is 5.79. The number of hydrogen-bond acceptors (Lipinski definition) is 4. The molecule has 2 saturated heterocycles.